The van der Waals surface area contributed by atoms with E-state index in [1.165, 1.54) is 24.3 Å². The number of likely N-dealkylation sites (tertiary alicyclic amines) is 1. The van der Waals surface area contributed by atoms with Crippen molar-refractivity contribution < 1.29 is 22.7 Å². The highest BCUT2D eigenvalue weighted by Crippen LogP contribution is 2.23. The van der Waals surface area contributed by atoms with Crippen LogP contribution in [0.1, 0.15) is 49.0 Å². The average Bonchev–Trinajstić information content (AvgIpc) is 2.73. The molecule has 1 aliphatic rings. The molecular weight excluding hydrogens is 416 g/mol. The lowest BCUT2D eigenvalue weighted by atomic mass is 9.97. The number of rotatable bonds is 6. The number of nitrogens with one attached hydrogen (secondary N) is 1. The lowest BCUT2D eigenvalue weighted by Gasteiger charge is -2.38. The molecule has 166 valence electrons. The van der Waals surface area contributed by atoms with E-state index in [1.807, 2.05) is 32.9 Å². The third kappa shape index (κ3) is 5.64. The maximum atomic E-state index is 12.5. The van der Waals surface area contributed by atoms with E-state index in [0.29, 0.717) is 5.69 Å². The van der Waals surface area contributed by atoms with Crippen molar-refractivity contribution in [2.24, 2.45) is 0 Å². The highest BCUT2D eigenvalue weighted by molar-refractivity contribution is 7.92. The molecule has 2 unspecified atom stereocenters. The van der Waals surface area contributed by atoms with Crippen molar-refractivity contribution >= 4 is 27.6 Å². The Morgan fingerprint density at radius 2 is 1.58 bits per heavy atom. The van der Waals surface area contributed by atoms with Gasteiger partial charge in [0, 0.05) is 17.8 Å². The normalized spacial score (nSPS) is 19.0. The fraction of sp³-hybridized carbons (Fsp3) is 0.391. The third-order valence-electron chi connectivity index (χ3n) is 5.51. The number of aryl methyl sites for hydroxylation is 1. The van der Waals surface area contributed by atoms with Gasteiger partial charge in [0.1, 0.15) is 0 Å². The summed E-state index contributed by atoms with van der Waals surface area (Å²) in [5.74, 6) is -0.879. The number of hydrogen-bond donors (Lipinski definition) is 1. The molecule has 1 amide bonds. The second kappa shape index (κ2) is 9.51. The topological polar surface area (TPSA) is 92.8 Å². The fourth-order valence-corrected chi connectivity index (χ4v) is 4.86. The number of carbonyl (C=O) groups excluding carboxylic acids is 2. The molecule has 0 bridgehead atoms. The minimum absolute atomic E-state index is 0.0247. The number of carbonyl (C=O) groups is 2. The molecule has 0 saturated carbocycles. The van der Waals surface area contributed by atoms with Crippen LogP contribution in [0.25, 0.3) is 0 Å². The Labute approximate surface area is 183 Å². The van der Waals surface area contributed by atoms with Gasteiger partial charge in [0.25, 0.3) is 15.9 Å². The van der Waals surface area contributed by atoms with E-state index in [1.54, 1.807) is 17.0 Å². The predicted octanol–water partition coefficient (Wildman–Crippen LogP) is 3.74. The largest absolute Gasteiger partial charge is 0.452 e. The minimum atomic E-state index is -3.78. The zero-order chi connectivity index (χ0) is 22.6. The molecule has 7 nitrogen and oxygen atoms in total. The zero-order valence-corrected chi connectivity index (χ0v) is 18.8. The van der Waals surface area contributed by atoms with E-state index >= 15 is 0 Å². The van der Waals surface area contributed by atoms with Crippen LogP contribution in [0.5, 0.6) is 0 Å². The molecule has 1 fully saturated rings. The SMILES string of the molecule is Cc1ccc(NS(=O)(=O)c2ccc(C(=O)OCC(=O)N3C(C)CCCC3C)cc2)cc1. The van der Waals surface area contributed by atoms with E-state index in [9.17, 15) is 18.0 Å². The number of esters is 1. The van der Waals surface area contributed by atoms with Gasteiger partial charge in [0.05, 0.1) is 10.5 Å². The number of nitrogens with zero attached hydrogens (tertiary/aromatic N) is 1. The number of piperidine rings is 1. The van der Waals surface area contributed by atoms with Gasteiger partial charge >= 0.3 is 5.97 Å². The molecule has 1 N–H and O–H groups in total. The zero-order valence-electron chi connectivity index (χ0n) is 18.0. The summed E-state index contributed by atoms with van der Waals surface area (Å²) < 4.78 is 32.8. The van der Waals surface area contributed by atoms with Crippen molar-refractivity contribution in [2.45, 2.75) is 57.0 Å². The smallest absolute Gasteiger partial charge is 0.338 e. The quantitative estimate of drug-likeness (QED) is 0.685. The maximum Gasteiger partial charge on any atom is 0.338 e. The van der Waals surface area contributed by atoms with E-state index in [2.05, 4.69) is 4.72 Å². The standard InChI is InChI=1S/C23H28N2O5S/c1-16-7-11-20(12-8-16)24-31(28,29)21-13-9-19(10-14-21)23(27)30-15-22(26)25-17(2)5-4-6-18(25)3/h7-14,17-18,24H,4-6,15H2,1-3H3. The maximum absolute atomic E-state index is 12.5. The first-order valence-corrected chi connectivity index (χ1v) is 11.8. The van der Waals surface area contributed by atoms with Crippen molar-refractivity contribution in [2.75, 3.05) is 11.3 Å². The molecule has 2 aromatic rings. The Hall–Kier alpha value is -2.87. The predicted molar refractivity (Wildman–Crippen MR) is 118 cm³/mol. The molecule has 2 aromatic carbocycles. The van der Waals surface area contributed by atoms with Crippen molar-refractivity contribution in [3.8, 4) is 0 Å². The number of sulfonamides is 1. The molecule has 1 saturated heterocycles. The van der Waals surface area contributed by atoms with E-state index < -0.39 is 16.0 Å². The van der Waals surface area contributed by atoms with Crippen LogP contribution in [0.2, 0.25) is 0 Å². The van der Waals surface area contributed by atoms with Crippen LogP contribution in [0.15, 0.2) is 53.4 Å². The Morgan fingerprint density at radius 1 is 1.00 bits per heavy atom. The van der Waals surface area contributed by atoms with Crippen molar-refractivity contribution in [3.05, 3.63) is 59.7 Å². The van der Waals surface area contributed by atoms with Gasteiger partial charge in [-0.2, -0.15) is 0 Å². The third-order valence-corrected chi connectivity index (χ3v) is 6.91. The van der Waals surface area contributed by atoms with Crippen LogP contribution in [-0.4, -0.2) is 43.9 Å². The summed E-state index contributed by atoms with van der Waals surface area (Å²) in [6.45, 7) is 5.58. The first-order chi connectivity index (χ1) is 14.7. The van der Waals surface area contributed by atoms with Crippen LogP contribution in [0, 0.1) is 6.92 Å². The van der Waals surface area contributed by atoms with Gasteiger partial charge in [-0.15, -0.1) is 0 Å². The summed E-state index contributed by atoms with van der Waals surface area (Å²) in [6, 6.07) is 12.7. The van der Waals surface area contributed by atoms with Crippen LogP contribution in [-0.2, 0) is 19.6 Å². The molecule has 0 radical (unpaired) electrons. The molecule has 3 rings (SSSR count). The van der Waals surface area contributed by atoms with Crippen molar-refractivity contribution in [1.29, 1.82) is 0 Å². The molecule has 0 aromatic heterocycles. The summed E-state index contributed by atoms with van der Waals surface area (Å²) in [5, 5.41) is 0. The summed E-state index contributed by atoms with van der Waals surface area (Å²) in [4.78, 5) is 26.6. The molecule has 8 heteroatoms. The number of ether oxygens (including phenoxy) is 1. The molecule has 2 atom stereocenters. The second-order valence-corrected chi connectivity index (χ2v) is 9.68. The summed E-state index contributed by atoms with van der Waals surface area (Å²) in [7, 11) is -3.78. The number of anilines is 1. The monoisotopic (exact) mass is 444 g/mol. The van der Waals surface area contributed by atoms with Crippen LogP contribution < -0.4 is 4.72 Å². The summed E-state index contributed by atoms with van der Waals surface area (Å²) in [5.41, 5.74) is 1.66. The molecule has 31 heavy (non-hydrogen) atoms. The summed E-state index contributed by atoms with van der Waals surface area (Å²) in [6.07, 6.45) is 2.97. The highest BCUT2D eigenvalue weighted by Gasteiger charge is 2.29. The van der Waals surface area contributed by atoms with Gasteiger partial charge in [0.15, 0.2) is 6.61 Å². The van der Waals surface area contributed by atoms with Gasteiger partial charge in [-0.1, -0.05) is 17.7 Å². The molecule has 0 aliphatic carbocycles. The summed E-state index contributed by atoms with van der Waals surface area (Å²) >= 11 is 0. The van der Waals surface area contributed by atoms with E-state index in [0.717, 1.165) is 24.8 Å². The Kier molecular flexibility index (Phi) is 7.00. The van der Waals surface area contributed by atoms with Crippen LogP contribution >= 0.6 is 0 Å². The molecule has 0 spiro atoms. The fourth-order valence-electron chi connectivity index (χ4n) is 3.80. The second-order valence-electron chi connectivity index (χ2n) is 8.00. The first-order valence-electron chi connectivity index (χ1n) is 10.4. The van der Waals surface area contributed by atoms with Gasteiger partial charge in [0.2, 0.25) is 0 Å². The lowest BCUT2D eigenvalue weighted by molar-refractivity contribution is -0.140. The van der Waals surface area contributed by atoms with Gasteiger partial charge in [-0.3, -0.25) is 9.52 Å². The Balaban J connectivity index is 1.60. The lowest BCUT2D eigenvalue weighted by Crippen LogP contribution is -2.49. The van der Waals surface area contributed by atoms with Gasteiger partial charge in [-0.05, 0) is 76.4 Å². The minimum Gasteiger partial charge on any atom is -0.452 e. The Morgan fingerprint density at radius 3 is 2.16 bits per heavy atom. The van der Waals surface area contributed by atoms with Crippen LogP contribution in [0.3, 0.4) is 0 Å². The number of benzene rings is 2. The molecule has 1 aliphatic heterocycles. The van der Waals surface area contributed by atoms with Crippen LogP contribution in [0.4, 0.5) is 5.69 Å². The van der Waals surface area contributed by atoms with Crippen molar-refractivity contribution in [3.63, 3.8) is 0 Å². The number of amides is 1. The Bertz CT molecular complexity index is 1020. The first kappa shape index (κ1) is 22.8. The van der Waals surface area contributed by atoms with Gasteiger partial charge < -0.3 is 9.64 Å². The molecular formula is C23H28N2O5S. The van der Waals surface area contributed by atoms with Gasteiger partial charge in [-0.25, -0.2) is 13.2 Å². The molecule has 1 heterocycles. The van der Waals surface area contributed by atoms with Crippen molar-refractivity contribution in [1.82, 2.24) is 4.90 Å². The average molecular weight is 445 g/mol. The van der Waals surface area contributed by atoms with E-state index in [-0.39, 0.29) is 35.1 Å². The number of hydrogen-bond acceptors (Lipinski definition) is 5. The highest BCUT2D eigenvalue weighted by atomic mass is 32.2. The van der Waals surface area contributed by atoms with E-state index in [4.69, 9.17) is 4.74 Å².